The molecule has 23 heavy (non-hydrogen) atoms. The van der Waals surface area contributed by atoms with Gasteiger partial charge in [-0.15, -0.1) is 0 Å². The molecule has 0 bridgehead atoms. The number of ether oxygens (including phenoxy) is 1. The number of ketones is 1. The summed E-state index contributed by atoms with van der Waals surface area (Å²) in [6, 6.07) is 17.9. The second kappa shape index (κ2) is 7.23. The Bertz CT molecular complexity index is 664. The van der Waals surface area contributed by atoms with E-state index in [0.717, 1.165) is 16.7 Å². The van der Waals surface area contributed by atoms with Crippen LogP contribution in [0.5, 0.6) is 0 Å². The third-order valence-electron chi connectivity index (χ3n) is 3.22. The van der Waals surface area contributed by atoms with Gasteiger partial charge in [0, 0.05) is 6.42 Å². The molecular weight excluding hydrogens is 288 g/mol. The van der Waals surface area contributed by atoms with Gasteiger partial charge in [0.05, 0.1) is 0 Å². The highest BCUT2D eigenvalue weighted by Gasteiger charge is 2.18. The zero-order valence-corrected chi connectivity index (χ0v) is 13.8. The first kappa shape index (κ1) is 16.9. The van der Waals surface area contributed by atoms with E-state index in [1.54, 1.807) is 20.8 Å². The molecule has 0 amide bonds. The van der Waals surface area contributed by atoms with Crippen molar-refractivity contribution in [2.24, 2.45) is 0 Å². The first-order valence-corrected chi connectivity index (χ1v) is 7.71. The van der Waals surface area contributed by atoms with Gasteiger partial charge in [0.2, 0.25) is 0 Å². The fourth-order valence-corrected chi connectivity index (χ4v) is 2.27. The average molecular weight is 310 g/mol. The van der Waals surface area contributed by atoms with Crippen molar-refractivity contribution in [3.05, 3.63) is 60.2 Å². The zero-order valence-electron chi connectivity index (χ0n) is 13.8. The van der Waals surface area contributed by atoms with E-state index in [2.05, 4.69) is 0 Å². The third-order valence-corrected chi connectivity index (χ3v) is 3.22. The van der Waals surface area contributed by atoms with Crippen LogP contribution in [0.1, 0.15) is 32.8 Å². The van der Waals surface area contributed by atoms with Gasteiger partial charge in [0.15, 0.2) is 0 Å². The zero-order chi connectivity index (χ0) is 16.9. The maximum absolute atomic E-state index is 12.0. The minimum atomic E-state index is -0.561. The Morgan fingerprint density at radius 3 is 2.00 bits per heavy atom. The molecule has 0 atom stereocenters. The fourth-order valence-electron chi connectivity index (χ4n) is 2.27. The van der Waals surface area contributed by atoms with Crippen molar-refractivity contribution in [1.82, 2.24) is 0 Å². The predicted molar refractivity (Wildman–Crippen MR) is 91.1 cm³/mol. The van der Waals surface area contributed by atoms with E-state index in [-0.39, 0.29) is 18.6 Å². The lowest BCUT2D eigenvalue weighted by molar-refractivity contribution is -0.156. The van der Waals surface area contributed by atoms with E-state index in [1.807, 2.05) is 54.6 Å². The lowest BCUT2D eigenvalue weighted by Gasteiger charge is -2.19. The molecule has 0 fully saturated rings. The number of esters is 1. The summed E-state index contributed by atoms with van der Waals surface area (Å²) in [5.41, 5.74) is 2.58. The monoisotopic (exact) mass is 310 g/mol. The Balaban J connectivity index is 1.93. The van der Waals surface area contributed by atoms with Crippen molar-refractivity contribution in [2.45, 2.75) is 39.2 Å². The van der Waals surface area contributed by atoms with Crippen LogP contribution in [0, 0.1) is 0 Å². The number of hydrogen-bond donors (Lipinski definition) is 0. The molecule has 0 aliphatic heterocycles. The standard InChI is InChI=1S/C20H22O3/c1-20(2,3)23-19(22)14-18(21)13-15-9-11-17(12-10-15)16-7-5-4-6-8-16/h4-12H,13-14H2,1-3H3. The van der Waals surface area contributed by atoms with Crippen LogP contribution in [0.15, 0.2) is 54.6 Å². The van der Waals surface area contributed by atoms with E-state index >= 15 is 0 Å². The Kier molecular flexibility index (Phi) is 5.32. The number of benzene rings is 2. The van der Waals surface area contributed by atoms with E-state index in [0.29, 0.717) is 0 Å². The van der Waals surface area contributed by atoms with Gasteiger partial charge in [-0.2, -0.15) is 0 Å². The van der Waals surface area contributed by atoms with Crippen molar-refractivity contribution in [3.63, 3.8) is 0 Å². The van der Waals surface area contributed by atoms with E-state index in [9.17, 15) is 9.59 Å². The van der Waals surface area contributed by atoms with Crippen LogP contribution in [0.4, 0.5) is 0 Å². The Morgan fingerprint density at radius 2 is 1.43 bits per heavy atom. The summed E-state index contributed by atoms with van der Waals surface area (Å²) in [6.45, 7) is 5.37. The number of Topliss-reactive ketones (excluding diaryl/α,β-unsaturated/α-hetero) is 1. The van der Waals surface area contributed by atoms with Gasteiger partial charge in [0.1, 0.15) is 17.8 Å². The Hall–Kier alpha value is -2.42. The van der Waals surface area contributed by atoms with Crippen molar-refractivity contribution in [1.29, 1.82) is 0 Å². The molecule has 0 aliphatic rings. The summed E-state index contributed by atoms with van der Waals surface area (Å²) in [5, 5.41) is 0. The maximum Gasteiger partial charge on any atom is 0.313 e. The van der Waals surface area contributed by atoms with Gasteiger partial charge in [-0.3, -0.25) is 9.59 Å². The van der Waals surface area contributed by atoms with Crippen LogP contribution in [0.2, 0.25) is 0 Å². The highest BCUT2D eigenvalue weighted by atomic mass is 16.6. The van der Waals surface area contributed by atoms with E-state index < -0.39 is 11.6 Å². The second-order valence-electron chi connectivity index (χ2n) is 6.54. The van der Waals surface area contributed by atoms with E-state index in [4.69, 9.17) is 4.74 Å². The van der Waals surface area contributed by atoms with Crippen molar-refractivity contribution < 1.29 is 14.3 Å². The molecule has 0 aliphatic carbocycles. The fraction of sp³-hybridized carbons (Fsp3) is 0.300. The highest BCUT2D eigenvalue weighted by molar-refractivity contribution is 5.96. The molecule has 2 aromatic rings. The molecule has 0 saturated heterocycles. The number of carbonyl (C=O) groups excluding carboxylic acids is 2. The molecule has 3 nitrogen and oxygen atoms in total. The van der Waals surface area contributed by atoms with Gasteiger partial charge in [-0.05, 0) is 37.5 Å². The molecule has 0 N–H and O–H groups in total. The SMILES string of the molecule is CC(C)(C)OC(=O)CC(=O)Cc1ccc(-c2ccccc2)cc1. The molecule has 0 heterocycles. The smallest absolute Gasteiger partial charge is 0.313 e. The lowest BCUT2D eigenvalue weighted by atomic mass is 10.0. The minimum absolute atomic E-state index is 0.133. The molecule has 0 saturated carbocycles. The quantitative estimate of drug-likeness (QED) is 0.614. The predicted octanol–water partition coefficient (Wildman–Crippen LogP) is 4.20. The summed E-state index contributed by atoms with van der Waals surface area (Å²) in [5.74, 6) is -0.602. The Morgan fingerprint density at radius 1 is 0.870 bits per heavy atom. The minimum Gasteiger partial charge on any atom is -0.460 e. The second-order valence-corrected chi connectivity index (χ2v) is 6.54. The van der Waals surface area contributed by atoms with Crippen LogP contribution in [-0.4, -0.2) is 17.4 Å². The summed E-state index contributed by atoms with van der Waals surface area (Å²) in [4.78, 5) is 23.6. The molecular formula is C20H22O3. The first-order chi connectivity index (χ1) is 10.8. The molecule has 0 unspecified atom stereocenters. The van der Waals surface area contributed by atoms with Crippen molar-refractivity contribution in [3.8, 4) is 11.1 Å². The molecule has 0 radical (unpaired) electrons. The summed E-state index contributed by atoms with van der Waals surface area (Å²) >= 11 is 0. The first-order valence-electron chi connectivity index (χ1n) is 7.71. The molecule has 2 rings (SSSR count). The topological polar surface area (TPSA) is 43.4 Å². The van der Waals surface area contributed by atoms with Crippen molar-refractivity contribution >= 4 is 11.8 Å². The van der Waals surface area contributed by atoms with Crippen LogP contribution in [-0.2, 0) is 20.7 Å². The number of hydrogen-bond acceptors (Lipinski definition) is 3. The largest absolute Gasteiger partial charge is 0.460 e. The molecule has 0 spiro atoms. The average Bonchev–Trinajstić information content (AvgIpc) is 2.46. The van der Waals surface area contributed by atoms with E-state index in [1.165, 1.54) is 0 Å². The molecule has 120 valence electrons. The molecule has 3 heteroatoms. The third kappa shape index (κ3) is 5.70. The highest BCUT2D eigenvalue weighted by Crippen LogP contribution is 2.19. The van der Waals surface area contributed by atoms with Crippen LogP contribution in [0.3, 0.4) is 0 Å². The summed E-state index contributed by atoms with van der Waals surface area (Å²) in [6.07, 6.45) is 0.0615. The van der Waals surface area contributed by atoms with Gasteiger partial charge in [-0.25, -0.2) is 0 Å². The normalized spacial score (nSPS) is 11.1. The summed E-state index contributed by atoms with van der Waals surface area (Å²) < 4.78 is 5.16. The van der Waals surface area contributed by atoms with Gasteiger partial charge in [-0.1, -0.05) is 54.6 Å². The van der Waals surface area contributed by atoms with Crippen molar-refractivity contribution in [2.75, 3.05) is 0 Å². The van der Waals surface area contributed by atoms with Gasteiger partial charge >= 0.3 is 5.97 Å². The van der Waals surface area contributed by atoms with Crippen LogP contribution >= 0.6 is 0 Å². The van der Waals surface area contributed by atoms with Crippen LogP contribution < -0.4 is 0 Å². The Labute approximate surface area is 137 Å². The van der Waals surface area contributed by atoms with Crippen LogP contribution in [0.25, 0.3) is 11.1 Å². The lowest BCUT2D eigenvalue weighted by Crippen LogP contribution is -2.25. The summed E-state index contributed by atoms with van der Waals surface area (Å²) in [7, 11) is 0. The molecule has 0 aromatic heterocycles. The maximum atomic E-state index is 12.0. The number of rotatable bonds is 5. The van der Waals surface area contributed by atoms with Gasteiger partial charge < -0.3 is 4.74 Å². The van der Waals surface area contributed by atoms with Gasteiger partial charge in [0.25, 0.3) is 0 Å². The number of carbonyl (C=O) groups is 2. The molecule has 2 aromatic carbocycles.